The van der Waals surface area contributed by atoms with Crippen LogP contribution in [0.1, 0.15) is 33.6 Å². The van der Waals surface area contributed by atoms with Gasteiger partial charge in [0.15, 0.2) is 0 Å². The second kappa shape index (κ2) is 7.42. The van der Waals surface area contributed by atoms with Gasteiger partial charge >= 0.3 is 0 Å². The number of piperidine rings is 1. The number of benzene rings is 2. The van der Waals surface area contributed by atoms with Crippen LogP contribution >= 0.6 is 0 Å². The maximum absolute atomic E-state index is 13.2. The van der Waals surface area contributed by atoms with Crippen LogP contribution in [0, 0.1) is 11.6 Å². The molecule has 1 fully saturated rings. The number of nitrogens with zero attached hydrogens (tertiary/aromatic N) is 1. The van der Waals surface area contributed by atoms with Crippen LogP contribution in [0.3, 0.4) is 0 Å². The van der Waals surface area contributed by atoms with E-state index in [1.807, 2.05) is 6.07 Å². The molecule has 0 saturated carbocycles. The molecule has 0 spiro atoms. The number of nitrogens with one attached hydrogen (secondary N) is 1. The van der Waals surface area contributed by atoms with E-state index in [9.17, 15) is 18.4 Å². The minimum Gasteiger partial charge on any atom is -0.348 e. The zero-order valence-electron chi connectivity index (χ0n) is 13.5. The average molecular weight is 344 g/mol. The number of carbonyl (C=O) groups excluding carboxylic acids is 2. The average Bonchev–Trinajstić information content (AvgIpc) is 2.61. The van der Waals surface area contributed by atoms with Crippen LogP contribution in [-0.2, 0) is 0 Å². The Labute approximate surface area is 144 Å². The summed E-state index contributed by atoms with van der Waals surface area (Å²) < 4.78 is 26.5. The molecule has 0 aromatic heterocycles. The second-order valence-corrected chi connectivity index (χ2v) is 6.09. The van der Waals surface area contributed by atoms with E-state index in [1.54, 1.807) is 29.2 Å². The summed E-state index contributed by atoms with van der Waals surface area (Å²) in [4.78, 5) is 26.4. The maximum Gasteiger partial charge on any atom is 0.253 e. The summed E-state index contributed by atoms with van der Waals surface area (Å²) in [6.45, 7) is 0.992. The molecule has 4 nitrogen and oxygen atoms in total. The molecular weight excluding hydrogens is 326 g/mol. The van der Waals surface area contributed by atoms with Gasteiger partial charge in [-0.3, -0.25) is 9.59 Å². The van der Waals surface area contributed by atoms with E-state index in [0.717, 1.165) is 24.6 Å². The summed E-state index contributed by atoms with van der Waals surface area (Å²) in [5.41, 5.74) is 0.533. The summed E-state index contributed by atoms with van der Waals surface area (Å²) in [6, 6.07) is 11.4. The molecule has 1 heterocycles. The Morgan fingerprint density at radius 3 is 2.36 bits per heavy atom. The Kier molecular flexibility index (Phi) is 5.07. The van der Waals surface area contributed by atoms with E-state index < -0.39 is 17.5 Å². The lowest BCUT2D eigenvalue weighted by Crippen LogP contribution is -2.49. The third-order valence-electron chi connectivity index (χ3n) is 4.19. The van der Waals surface area contributed by atoms with Crippen molar-refractivity contribution in [2.45, 2.75) is 18.9 Å². The van der Waals surface area contributed by atoms with E-state index in [2.05, 4.69) is 5.32 Å². The number of rotatable bonds is 3. The first-order valence-electron chi connectivity index (χ1n) is 8.14. The lowest BCUT2D eigenvalue weighted by molar-refractivity contribution is 0.0676. The first-order valence-corrected chi connectivity index (χ1v) is 8.14. The van der Waals surface area contributed by atoms with Crippen LogP contribution in [0.15, 0.2) is 48.5 Å². The Morgan fingerprint density at radius 1 is 1.00 bits per heavy atom. The van der Waals surface area contributed by atoms with Crippen molar-refractivity contribution >= 4 is 11.8 Å². The molecule has 1 unspecified atom stereocenters. The summed E-state index contributed by atoms with van der Waals surface area (Å²) in [5, 5.41) is 2.76. The molecule has 0 radical (unpaired) electrons. The van der Waals surface area contributed by atoms with Crippen LogP contribution in [0.5, 0.6) is 0 Å². The Hall–Kier alpha value is -2.76. The van der Waals surface area contributed by atoms with Crippen LogP contribution in [-0.4, -0.2) is 35.8 Å². The van der Waals surface area contributed by atoms with Gasteiger partial charge in [-0.15, -0.1) is 0 Å². The summed E-state index contributed by atoms with van der Waals surface area (Å²) in [7, 11) is 0. The fraction of sp³-hybridized carbons (Fsp3) is 0.263. The van der Waals surface area contributed by atoms with Crippen molar-refractivity contribution in [3.63, 3.8) is 0 Å². The van der Waals surface area contributed by atoms with Gasteiger partial charge in [0.1, 0.15) is 11.6 Å². The minimum absolute atomic E-state index is 0.0657. The third-order valence-corrected chi connectivity index (χ3v) is 4.19. The van der Waals surface area contributed by atoms with E-state index >= 15 is 0 Å². The fourth-order valence-corrected chi connectivity index (χ4v) is 3.00. The van der Waals surface area contributed by atoms with E-state index in [0.29, 0.717) is 25.1 Å². The molecule has 1 aliphatic heterocycles. The highest BCUT2D eigenvalue weighted by atomic mass is 19.1. The molecule has 3 rings (SSSR count). The number of amides is 2. The number of hydrogen-bond acceptors (Lipinski definition) is 2. The maximum atomic E-state index is 13.2. The normalized spacial score (nSPS) is 17.2. The Morgan fingerprint density at radius 2 is 1.68 bits per heavy atom. The van der Waals surface area contributed by atoms with E-state index in [-0.39, 0.29) is 17.5 Å². The largest absolute Gasteiger partial charge is 0.348 e. The topological polar surface area (TPSA) is 49.4 Å². The van der Waals surface area contributed by atoms with Crippen molar-refractivity contribution in [2.24, 2.45) is 0 Å². The molecule has 6 heteroatoms. The van der Waals surface area contributed by atoms with Crippen molar-refractivity contribution in [1.82, 2.24) is 10.2 Å². The molecule has 2 aromatic carbocycles. The zero-order chi connectivity index (χ0) is 17.8. The van der Waals surface area contributed by atoms with Crippen molar-refractivity contribution in [2.75, 3.05) is 13.1 Å². The van der Waals surface area contributed by atoms with Gasteiger partial charge in [0.05, 0.1) is 0 Å². The van der Waals surface area contributed by atoms with Gasteiger partial charge in [-0.2, -0.15) is 0 Å². The molecule has 25 heavy (non-hydrogen) atoms. The molecular formula is C19H18F2N2O2. The van der Waals surface area contributed by atoms with E-state index in [4.69, 9.17) is 0 Å². The fourth-order valence-electron chi connectivity index (χ4n) is 3.00. The Bertz CT molecular complexity index is 760. The van der Waals surface area contributed by atoms with Gasteiger partial charge in [-0.05, 0) is 37.1 Å². The van der Waals surface area contributed by atoms with Crippen molar-refractivity contribution in [3.8, 4) is 0 Å². The molecule has 1 aliphatic rings. The predicted molar refractivity (Wildman–Crippen MR) is 89.2 cm³/mol. The highest BCUT2D eigenvalue weighted by molar-refractivity contribution is 5.95. The number of carbonyl (C=O) groups is 2. The van der Waals surface area contributed by atoms with Crippen LogP contribution in [0.25, 0.3) is 0 Å². The van der Waals surface area contributed by atoms with Gasteiger partial charge in [0.2, 0.25) is 0 Å². The van der Waals surface area contributed by atoms with Gasteiger partial charge in [-0.25, -0.2) is 8.78 Å². The monoisotopic (exact) mass is 344 g/mol. The van der Waals surface area contributed by atoms with Gasteiger partial charge in [-0.1, -0.05) is 18.2 Å². The first kappa shape index (κ1) is 17.1. The molecule has 2 amide bonds. The smallest absolute Gasteiger partial charge is 0.253 e. The quantitative estimate of drug-likeness (QED) is 0.931. The molecule has 1 saturated heterocycles. The lowest BCUT2D eigenvalue weighted by Gasteiger charge is -2.33. The molecule has 1 N–H and O–H groups in total. The number of likely N-dealkylation sites (tertiary alicyclic amines) is 1. The lowest BCUT2D eigenvalue weighted by atomic mass is 10.0. The SMILES string of the molecule is O=C(NC1CCCN(C(=O)c2ccccc2)C1)c1cc(F)cc(F)c1. The molecule has 0 bridgehead atoms. The first-order chi connectivity index (χ1) is 12.0. The molecule has 0 aliphatic carbocycles. The molecule has 1 atom stereocenters. The third kappa shape index (κ3) is 4.21. The van der Waals surface area contributed by atoms with Crippen molar-refractivity contribution < 1.29 is 18.4 Å². The molecule has 2 aromatic rings. The standard InChI is InChI=1S/C19H18F2N2O2/c20-15-9-14(10-16(21)11-15)18(24)22-17-7-4-8-23(12-17)19(25)13-5-2-1-3-6-13/h1-3,5-6,9-11,17H,4,7-8,12H2,(H,22,24). The second-order valence-electron chi connectivity index (χ2n) is 6.09. The highest BCUT2D eigenvalue weighted by Gasteiger charge is 2.26. The zero-order valence-corrected chi connectivity index (χ0v) is 13.5. The number of hydrogen-bond donors (Lipinski definition) is 1. The van der Waals surface area contributed by atoms with Crippen LogP contribution < -0.4 is 5.32 Å². The van der Waals surface area contributed by atoms with Gasteiger partial charge in [0.25, 0.3) is 11.8 Å². The number of halogens is 2. The van der Waals surface area contributed by atoms with Crippen molar-refractivity contribution in [3.05, 3.63) is 71.3 Å². The minimum atomic E-state index is -0.797. The summed E-state index contributed by atoms with van der Waals surface area (Å²) in [5.74, 6) is -2.22. The van der Waals surface area contributed by atoms with Gasteiger partial charge in [0, 0.05) is 36.3 Å². The Balaban J connectivity index is 1.65. The van der Waals surface area contributed by atoms with Crippen LogP contribution in [0.2, 0.25) is 0 Å². The van der Waals surface area contributed by atoms with Crippen molar-refractivity contribution in [1.29, 1.82) is 0 Å². The van der Waals surface area contributed by atoms with E-state index in [1.165, 1.54) is 0 Å². The highest BCUT2D eigenvalue weighted by Crippen LogP contribution is 2.15. The predicted octanol–water partition coefficient (Wildman–Crippen LogP) is 3.00. The summed E-state index contributed by atoms with van der Waals surface area (Å²) in [6.07, 6.45) is 1.46. The van der Waals surface area contributed by atoms with Crippen LogP contribution in [0.4, 0.5) is 8.78 Å². The van der Waals surface area contributed by atoms with Gasteiger partial charge < -0.3 is 10.2 Å². The summed E-state index contributed by atoms with van der Waals surface area (Å²) >= 11 is 0. The molecule has 130 valence electrons.